The molecule has 3 N–H and O–H groups in total. The number of cyclic esters (lactones) is 1. The fourth-order valence-corrected chi connectivity index (χ4v) is 2.77. The minimum Gasteiger partial charge on any atom is -0.508 e. The number of aromatic hydroxyl groups is 2. The third-order valence-corrected chi connectivity index (χ3v) is 4.02. The monoisotopic (exact) mass is 320 g/mol. The normalized spacial score (nSPS) is 23.7. The number of allylic oxidation sites excluding steroid dienone is 2. The Hall–Kier alpha value is -2.01. The van der Waals surface area contributed by atoms with Gasteiger partial charge in [-0.2, -0.15) is 0 Å². The first-order chi connectivity index (χ1) is 11.0. The molecule has 0 aromatic heterocycles. The average Bonchev–Trinajstić information content (AvgIpc) is 2.45. The molecule has 5 nitrogen and oxygen atoms in total. The zero-order chi connectivity index (χ0) is 16.8. The number of phenols is 2. The highest BCUT2D eigenvalue weighted by atomic mass is 16.5. The minimum atomic E-state index is -0.587. The van der Waals surface area contributed by atoms with Gasteiger partial charge in [-0.25, -0.2) is 4.79 Å². The van der Waals surface area contributed by atoms with E-state index < -0.39 is 5.97 Å². The molecule has 0 saturated carbocycles. The molecule has 2 atom stereocenters. The number of hydrogen-bond donors (Lipinski definition) is 3. The van der Waals surface area contributed by atoms with Crippen molar-refractivity contribution in [3.8, 4) is 11.5 Å². The van der Waals surface area contributed by atoms with Crippen molar-refractivity contribution in [2.24, 2.45) is 0 Å². The standard InChI is InChI=1S/C18H24O5/c1-12-6-5-9-14(19)8-4-2-3-7-13-10-15(20)11-16(21)17(13)18(22)23-12/h2-3,10-12,14,19-21H,4-9H2,1H3/t12-,14+/m0/s1. The molecule has 0 radical (unpaired) electrons. The number of benzene rings is 1. The van der Waals surface area contributed by atoms with E-state index in [1.807, 2.05) is 12.2 Å². The van der Waals surface area contributed by atoms with E-state index in [4.69, 9.17) is 4.74 Å². The molecule has 0 unspecified atom stereocenters. The van der Waals surface area contributed by atoms with Crippen LogP contribution in [0.1, 0.15) is 54.9 Å². The molecule has 1 aromatic carbocycles. The van der Waals surface area contributed by atoms with E-state index in [-0.39, 0.29) is 29.3 Å². The number of aliphatic hydroxyl groups excluding tert-OH is 1. The van der Waals surface area contributed by atoms with Crippen molar-refractivity contribution in [1.82, 2.24) is 0 Å². The number of carbonyl (C=O) groups excluding carboxylic acids is 1. The maximum atomic E-state index is 12.3. The van der Waals surface area contributed by atoms with Gasteiger partial charge in [0.1, 0.15) is 17.1 Å². The predicted molar refractivity (Wildman–Crippen MR) is 86.6 cm³/mol. The van der Waals surface area contributed by atoms with Crippen molar-refractivity contribution in [2.45, 2.75) is 57.7 Å². The lowest BCUT2D eigenvalue weighted by molar-refractivity contribution is 0.0307. The number of ether oxygens (including phenoxy) is 1. The van der Waals surface area contributed by atoms with Gasteiger partial charge in [-0.15, -0.1) is 0 Å². The van der Waals surface area contributed by atoms with Gasteiger partial charge in [0.05, 0.1) is 12.2 Å². The lowest BCUT2D eigenvalue weighted by atomic mass is 10.0. The Kier molecular flexibility index (Phi) is 6.04. The summed E-state index contributed by atoms with van der Waals surface area (Å²) in [6.07, 6.45) is 7.13. The number of fused-ring (bicyclic) bond motifs is 1. The van der Waals surface area contributed by atoms with E-state index >= 15 is 0 Å². The molecule has 0 bridgehead atoms. The first-order valence-electron chi connectivity index (χ1n) is 8.06. The number of phenolic OH excluding ortho intramolecular Hbond substituents is 2. The zero-order valence-electron chi connectivity index (χ0n) is 13.4. The highest BCUT2D eigenvalue weighted by molar-refractivity contribution is 5.94. The van der Waals surface area contributed by atoms with Gasteiger partial charge in [0.2, 0.25) is 0 Å². The van der Waals surface area contributed by atoms with Crippen LogP contribution in [0.4, 0.5) is 0 Å². The molecule has 1 aliphatic rings. The molecule has 5 heteroatoms. The van der Waals surface area contributed by atoms with Crippen LogP contribution in [-0.2, 0) is 11.2 Å². The van der Waals surface area contributed by atoms with Crippen LogP contribution < -0.4 is 0 Å². The second kappa shape index (κ2) is 8.02. The predicted octanol–water partition coefficient (Wildman–Crippen LogP) is 3.07. The molecule has 0 fully saturated rings. The van der Waals surface area contributed by atoms with Gasteiger partial charge in [0.15, 0.2) is 0 Å². The second-order valence-corrected chi connectivity index (χ2v) is 6.05. The van der Waals surface area contributed by atoms with Crippen LogP contribution in [0.2, 0.25) is 0 Å². The van der Waals surface area contributed by atoms with Crippen LogP contribution in [0.3, 0.4) is 0 Å². The van der Waals surface area contributed by atoms with E-state index in [1.54, 1.807) is 6.92 Å². The second-order valence-electron chi connectivity index (χ2n) is 6.05. The Labute approximate surface area is 136 Å². The van der Waals surface area contributed by atoms with Crippen molar-refractivity contribution in [3.63, 3.8) is 0 Å². The first-order valence-corrected chi connectivity index (χ1v) is 8.06. The smallest absolute Gasteiger partial charge is 0.342 e. The molecule has 0 amide bonds. The Morgan fingerprint density at radius 3 is 2.70 bits per heavy atom. The maximum absolute atomic E-state index is 12.3. The molecule has 1 aromatic rings. The van der Waals surface area contributed by atoms with Crippen LogP contribution >= 0.6 is 0 Å². The van der Waals surface area contributed by atoms with Crippen molar-refractivity contribution < 1.29 is 24.9 Å². The molecule has 23 heavy (non-hydrogen) atoms. The fourth-order valence-electron chi connectivity index (χ4n) is 2.77. The summed E-state index contributed by atoms with van der Waals surface area (Å²) in [5.74, 6) is -0.948. The Balaban J connectivity index is 2.29. The summed E-state index contributed by atoms with van der Waals surface area (Å²) >= 11 is 0. The Bertz CT molecular complexity index is 579. The SMILES string of the molecule is C[C@H]1CCC[C@H](O)CCC=CCc2cc(O)cc(O)c2C(=O)O1. The van der Waals surface area contributed by atoms with Gasteiger partial charge < -0.3 is 20.1 Å². The van der Waals surface area contributed by atoms with Crippen molar-refractivity contribution in [1.29, 1.82) is 0 Å². The number of aliphatic hydroxyl groups is 1. The van der Waals surface area contributed by atoms with E-state index in [0.717, 1.165) is 18.9 Å². The molecule has 0 saturated heterocycles. The largest absolute Gasteiger partial charge is 0.508 e. The van der Waals surface area contributed by atoms with E-state index in [2.05, 4.69) is 0 Å². The quantitative estimate of drug-likeness (QED) is 0.505. The summed E-state index contributed by atoms with van der Waals surface area (Å²) in [6, 6.07) is 2.61. The highest BCUT2D eigenvalue weighted by Gasteiger charge is 2.21. The van der Waals surface area contributed by atoms with E-state index in [1.165, 1.54) is 6.07 Å². The lowest BCUT2D eigenvalue weighted by Gasteiger charge is -2.17. The van der Waals surface area contributed by atoms with Gasteiger partial charge in [-0.05, 0) is 57.1 Å². The van der Waals surface area contributed by atoms with E-state index in [9.17, 15) is 20.1 Å². The summed E-state index contributed by atoms with van der Waals surface area (Å²) in [4.78, 5) is 12.3. The van der Waals surface area contributed by atoms with Crippen molar-refractivity contribution in [3.05, 3.63) is 35.4 Å². The van der Waals surface area contributed by atoms with Gasteiger partial charge in [0, 0.05) is 6.07 Å². The zero-order valence-corrected chi connectivity index (χ0v) is 13.4. The van der Waals surface area contributed by atoms with Crippen LogP contribution in [-0.4, -0.2) is 33.5 Å². The highest BCUT2D eigenvalue weighted by Crippen LogP contribution is 2.29. The Morgan fingerprint density at radius 2 is 1.91 bits per heavy atom. The minimum absolute atomic E-state index is 0.0907. The number of carbonyl (C=O) groups is 1. The lowest BCUT2D eigenvalue weighted by Crippen LogP contribution is -2.17. The first kappa shape index (κ1) is 17.3. The number of hydrogen-bond acceptors (Lipinski definition) is 5. The third kappa shape index (κ3) is 4.99. The molecular formula is C18H24O5. The number of esters is 1. The van der Waals surface area contributed by atoms with Gasteiger partial charge in [0.25, 0.3) is 0 Å². The fraction of sp³-hybridized carbons (Fsp3) is 0.500. The topological polar surface area (TPSA) is 87.0 Å². The number of rotatable bonds is 0. The molecular weight excluding hydrogens is 296 g/mol. The summed E-state index contributed by atoms with van der Waals surface area (Å²) in [7, 11) is 0. The molecule has 2 rings (SSSR count). The molecule has 0 spiro atoms. The van der Waals surface area contributed by atoms with E-state index in [0.29, 0.717) is 31.2 Å². The van der Waals surface area contributed by atoms with Crippen LogP contribution in [0.25, 0.3) is 0 Å². The van der Waals surface area contributed by atoms with Crippen molar-refractivity contribution in [2.75, 3.05) is 0 Å². The van der Waals surface area contributed by atoms with Crippen molar-refractivity contribution >= 4 is 5.97 Å². The van der Waals surface area contributed by atoms with Crippen LogP contribution in [0.5, 0.6) is 11.5 Å². The van der Waals surface area contributed by atoms with Gasteiger partial charge >= 0.3 is 5.97 Å². The molecule has 126 valence electrons. The third-order valence-electron chi connectivity index (χ3n) is 4.02. The molecule has 1 aliphatic heterocycles. The van der Waals surface area contributed by atoms with Gasteiger partial charge in [-0.1, -0.05) is 12.2 Å². The summed E-state index contributed by atoms with van der Waals surface area (Å²) in [5.41, 5.74) is 0.630. The summed E-state index contributed by atoms with van der Waals surface area (Å²) in [5, 5.41) is 29.5. The Morgan fingerprint density at radius 1 is 1.13 bits per heavy atom. The molecule has 0 aliphatic carbocycles. The van der Waals surface area contributed by atoms with Crippen LogP contribution in [0.15, 0.2) is 24.3 Å². The summed E-state index contributed by atoms with van der Waals surface area (Å²) < 4.78 is 5.39. The van der Waals surface area contributed by atoms with Crippen LogP contribution in [0, 0.1) is 0 Å². The maximum Gasteiger partial charge on any atom is 0.342 e. The van der Waals surface area contributed by atoms with Gasteiger partial charge in [-0.3, -0.25) is 0 Å². The summed E-state index contributed by atoms with van der Waals surface area (Å²) in [6.45, 7) is 1.80. The molecule has 1 heterocycles. The average molecular weight is 320 g/mol.